The molecule has 0 spiro atoms. The SMILES string of the molecule is COC(=O)C1CC(Oc2ccccc2F)CN1C(=O)CSC1CCCC1. The summed E-state index contributed by atoms with van der Waals surface area (Å²) in [4.78, 5) is 26.3. The number of ether oxygens (including phenoxy) is 2. The Morgan fingerprint density at radius 3 is 2.69 bits per heavy atom. The number of halogens is 1. The molecule has 2 fully saturated rings. The lowest BCUT2D eigenvalue weighted by Gasteiger charge is -2.22. The van der Waals surface area contributed by atoms with Crippen molar-refractivity contribution < 1.29 is 23.5 Å². The van der Waals surface area contributed by atoms with Crippen LogP contribution in [0.5, 0.6) is 5.75 Å². The van der Waals surface area contributed by atoms with Crippen LogP contribution in [-0.4, -0.2) is 53.6 Å². The Hall–Kier alpha value is -1.76. The third-order valence-corrected chi connectivity index (χ3v) is 6.29. The molecule has 1 aromatic rings. The van der Waals surface area contributed by atoms with E-state index in [1.54, 1.807) is 30.0 Å². The largest absolute Gasteiger partial charge is 0.485 e. The Morgan fingerprint density at radius 1 is 1.27 bits per heavy atom. The summed E-state index contributed by atoms with van der Waals surface area (Å²) in [5.74, 6) is -0.509. The Balaban J connectivity index is 1.63. The number of rotatable bonds is 6. The lowest BCUT2D eigenvalue weighted by molar-refractivity contribution is -0.150. The van der Waals surface area contributed by atoms with Gasteiger partial charge >= 0.3 is 5.97 Å². The number of esters is 1. The number of carbonyl (C=O) groups excluding carboxylic acids is 2. The highest BCUT2D eigenvalue weighted by molar-refractivity contribution is 8.00. The van der Waals surface area contributed by atoms with Gasteiger partial charge in [-0.25, -0.2) is 9.18 Å². The second-order valence-corrected chi connectivity index (χ2v) is 8.00. The third-order valence-electron chi connectivity index (χ3n) is 4.93. The second kappa shape index (κ2) is 8.75. The van der Waals surface area contributed by atoms with E-state index < -0.39 is 23.9 Å². The van der Waals surface area contributed by atoms with Gasteiger partial charge in [0.2, 0.25) is 5.91 Å². The lowest BCUT2D eigenvalue weighted by atomic mass is 10.2. The molecule has 26 heavy (non-hydrogen) atoms. The number of para-hydroxylation sites is 1. The third kappa shape index (κ3) is 4.50. The number of likely N-dealkylation sites (tertiary alicyclic amines) is 1. The van der Waals surface area contributed by atoms with Gasteiger partial charge in [0.15, 0.2) is 11.6 Å². The molecule has 7 heteroatoms. The molecule has 2 aliphatic rings. The van der Waals surface area contributed by atoms with Crippen LogP contribution < -0.4 is 4.74 Å². The van der Waals surface area contributed by atoms with Crippen LogP contribution in [0.2, 0.25) is 0 Å². The van der Waals surface area contributed by atoms with Gasteiger partial charge in [0.25, 0.3) is 0 Å². The Morgan fingerprint density at radius 2 is 2.00 bits per heavy atom. The van der Waals surface area contributed by atoms with Crippen molar-refractivity contribution in [3.05, 3.63) is 30.1 Å². The van der Waals surface area contributed by atoms with Crippen LogP contribution in [0.4, 0.5) is 4.39 Å². The number of thioether (sulfide) groups is 1. The Bertz CT molecular complexity index is 650. The number of hydrogen-bond acceptors (Lipinski definition) is 5. The van der Waals surface area contributed by atoms with Crippen molar-refractivity contribution in [3.8, 4) is 5.75 Å². The summed E-state index contributed by atoms with van der Waals surface area (Å²) in [5, 5.41) is 0.531. The molecule has 1 saturated carbocycles. The van der Waals surface area contributed by atoms with E-state index in [0.717, 1.165) is 12.8 Å². The van der Waals surface area contributed by atoms with Crippen molar-refractivity contribution in [2.75, 3.05) is 19.4 Å². The molecule has 0 radical (unpaired) electrons. The van der Waals surface area contributed by atoms with Crippen molar-refractivity contribution >= 4 is 23.6 Å². The maximum atomic E-state index is 13.8. The molecule has 1 aliphatic heterocycles. The van der Waals surface area contributed by atoms with Gasteiger partial charge in [0.1, 0.15) is 12.1 Å². The van der Waals surface area contributed by atoms with Crippen molar-refractivity contribution in [1.29, 1.82) is 0 Å². The fourth-order valence-electron chi connectivity index (χ4n) is 3.56. The van der Waals surface area contributed by atoms with Gasteiger partial charge in [-0.15, -0.1) is 11.8 Å². The average molecular weight is 381 g/mol. The summed E-state index contributed by atoms with van der Waals surface area (Å²) < 4.78 is 24.4. The molecule has 3 rings (SSSR count). The summed E-state index contributed by atoms with van der Waals surface area (Å²) in [6, 6.07) is 5.47. The van der Waals surface area contributed by atoms with Crippen molar-refractivity contribution in [2.45, 2.75) is 49.5 Å². The van der Waals surface area contributed by atoms with E-state index in [1.165, 1.54) is 30.9 Å². The van der Waals surface area contributed by atoms with Crippen molar-refractivity contribution in [1.82, 2.24) is 4.90 Å². The monoisotopic (exact) mass is 381 g/mol. The van der Waals surface area contributed by atoms with E-state index in [0.29, 0.717) is 17.4 Å². The zero-order valence-electron chi connectivity index (χ0n) is 14.9. The molecule has 2 unspecified atom stereocenters. The zero-order valence-corrected chi connectivity index (χ0v) is 15.7. The molecular weight excluding hydrogens is 357 g/mol. The topological polar surface area (TPSA) is 55.8 Å². The summed E-state index contributed by atoms with van der Waals surface area (Å²) in [7, 11) is 1.31. The molecular formula is C19H24FNO4S. The summed E-state index contributed by atoms with van der Waals surface area (Å²) in [6.07, 6.45) is 4.62. The van der Waals surface area contributed by atoms with Gasteiger partial charge in [0.05, 0.1) is 19.4 Å². The minimum absolute atomic E-state index is 0.0862. The predicted octanol–water partition coefficient (Wildman–Crippen LogP) is 3.02. The van der Waals surface area contributed by atoms with Crippen molar-refractivity contribution in [2.24, 2.45) is 0 Å². The van der Waals surface area contributed by atoms with E-state index >= 15 is 0 Å². The Labute approximate surface area is 157 Å². The smallest absolute Gasteiger partial charge is 0.328 e. The predicted molar refractivity (Wildman–Crippen MR) is 97.7 cm³/mol. The van der Waals surface area contributed by atoms with E-state index in [9.17, 15) is 14.0 Å². The summed E-state index contributed by atoms with van der Waals surface area (Å²) in [6.45, 7) is 0.262. The van der Waals surface area contributed by atoms with Crippen molar-refractivity contribution in [3.63, 3.8) is 0 Å². The molecule has 2 atom stereocenters. The van der Waals surface area contributed by atoms with Crippen LogP contribution in [-0.2, 0) is 14.3 Å². The Kier molecular flexibility index (Phi) is 6.40. The number of methoxy groups -OCH3 is 1. The number of carbonyl (C=O) groups is 2. The van der Waals surface area contributed by atoms with Gasteiger partial charge in [-0.3, -0.25) is 4.79 Å². The number of amides is 1. The standard InChI is InChI=1S/C19H24FNO4S/c1-24-19(23)16-10-13(25-17-9-5-4-8-15(17)20)11-21(16)18(22)12-26-14-6-2-3-7-14/h4-5,8-9,13-14,16H,2-3,6-7,10-12H2,1H3. The first-order valence-corrected chi connectivity index (χ1v) is 10.0. The lowest BCUT2D eigenvalue weighted by Crippen LogP contribution is -2.42. The van der Waals surface area contributed by atoms with Crippen LogP contribution >= 0.6 is 11.8 Å². The second-order valence-electron chi connectivity index (χ2n) is 6.71. The molecule has 0 bridgehead atoms. The average Bonchev–Trinajstić information content (AvgIpc) is 3.31. The van der Waals surface area contributed by atoms with Gasteiger partial charge in [-0.1, -0.05) is 25.0 Å². The molecule has 1 saturated heterocycles. The molecule has 1 aliphatic carbocycles. The molecule has 1 heterocycles. The molecule has 142 valence electrons. The van der Waals surface area contributed by atoms with E-state index in [-0.39, 0.29) is 18.2 Å². The maximum absolute atomic E-state index is 13.8. The molecule has 1 aromatic carbocycles. The van der Waals surface area contributed by atoms with E-state index in [4.69, 9.17) is 9.47 Å². The fourth-order valence-corrected chi connectivity index (χ4v) is 4.78. The van der Waals surface area contributed by atoms with Crippen LogP contribution in [0.1, 0.15) is 32.1 Å². The highest BCUT2D eigenvalue weighted by Gasteiger charge is 2.41. The van der Waals surface area contributed by atoms with Gasteiger partial charge in [-0.05, 0) is 25.0 Å². The van der Waals surface area contributed by atoms with Crippen LogP contribution in [0.3, 0.4) is 0 Å². The van der Waals surface area contributed by atoms with E-state index in [2.05, 4.69) is 0 Å². The van der Waals surface area contributed by atoms with Gasteiger partial charge < -0.3 is 14.4 Å². The molecule has 0 N–H and O–H groups in total. The first-order chi connectivity index (χ1) is 12.6. The summed E-state index contributed by atoms with van der Waals surface area (Å²) >= 11 is 1.66. The molecule has 1 amide bonds. The van der Waals surface area contributed by atoms with E-state index in [1.807, 2.05) is 0 Å². The normalized spacial score (nSPS) is 23.2. The quantitative estimate of drug-likeness (QED) is 0.709. The fraction of sp³-hybridized carbons (Fsp3) is 0.579. The highest BCUT2D eigenvalue weighted by atomic mass is 32.2. The van der Waals surface area contributed by atoms with Gasteiger partial charge in [0, 0.05) is 11.7 Å². The first-order valence-electron chi connectivity index (χ1n) is 8.98. The number of hydrogen-bond donors (Lipinski definition) is 0. The number of benzene rings is 1. The zero-order chi connectivity index (χ0) is 18.5. The minimum atomic E-state index is -0.673. The maximum Gasteiger partial charge on any atom is 0.328 e. The minimum Gasteiger partial charge on any atom is -0.485 e. The number of nitrogens with zero attached hydrogens (tertiary/aromatic N) is 1. The van der Waals surface area contributed by atoms with Crippen LogP contribution in [0.25, 0.3) is 0 Å². The van der Waals surface area contributed by atoms with Crippen LogP contribution in [0, 0.1) is 5.82 Å². The van der Waals surface area contributed by atoms with Crippen LogP contribution in [0.15, 0.2) is 24.3 Å². The van der Waals surface area contributed by atoms with Gasteiger partial charge in [-0.2, -0.15) is 0 Å². The first kappa shape index (κ1) is 19.0. The summed E-state index contributed by atoms with van der Waals surface area (Å²) in [5.41, 5.74) is 0. The molecule has 5 nitrogen and oxygen atoms in total. The molecule has 0 aromatic heterocycles. The highest BCUT2D eigenvalue weighted by Crippen LogP contribution is 2.31.